The van der Waals surface area contributed by atoms with Crippen LogP contribution < -0.4 is 5.32 Å². The van der Waals surface area contributed by atoms with Crippen molar-refractivity contribution in [2.45, 2.75) is 51.1 Å². The van der Waals surface area contributed by atoms with Crippen LogP contribution in [-0.4, -0.2) is 16.0 Å². The maximum atomic E-state index is 4.36. The molecule has 1 aromatic rings. The standard InChI is InChI=1S/C16H23N3/c1-2-4-14-13(3-1)11-7-15(14)16(8-11)19-10-12-9-17-5-6-18-12/h5-6,9,11,13-16,19H,1-4,7-8,10H2. The summed E-state index contributed by atoms with van der Waals surface area (Å²) in [5.41, 5.74) is 1.07. The number of fused-ring (bicyclic) bond motifs is 5. The van der Waals surface area contributed by atoms with Crippen molar-refractivity contribution < 1.29 is 0 Å². The largest absolute Gasteiger partial charge is 0.308 e. The van der Waals surface area contributed by atoms with E-state index >= 15 is 0 Å². The summed E-state index contributed by atoms with van der Waals surface area (Å²) in [6.07, 6.45) is 14.3. The Hall–Kier alpha value is -0.960. The second-order valence-electron chi connectivity index (χ2n) is 6.69. The molecule has 0 spiro atoms. The summed E-state index contributed by atoms with van der Waals surface area (Å²) < 4.78 is 0. The zero-order valence-electron chi connectivity index (χ0n) is 11.5. The molecule has 5 atom stereocenters. The first-order valence-corrected chi connectivity index (χ1v) is 7.90. The van der Waals surface area contributed by atoms with Gasteiger partial charge >= 0.3 is 0 Å². The van der Waals surface area contributed by atoms with Crippen LogP contribution in [0.1, 0.15) is 44.2 Å². The Morgan fingerprint density at radius 1 is 1.05 bits per heavy atom. The van der Waals surface area contributed by atoms with E-state index < -0.39 is 0 Å². The predicted octanol–water partition coefficient (Wildman–Crippen LogP) is 2.78. The van der Waals surface area contributed by atoms with Crippen molar-refractivity contribution in [2.24, 2.45) is 23.7 Å². The topological polar surface area (TPSA) is 37.8 Å². The third-order valence-electron chi connectivity index (χ3n) is 5.84. The molecule has 0 radical (unpaired) electrons. The van der Waals surface area contributed by atoms with Crippen molar-refractivity contribution in [1.29, 1.82) is 0 Å². The molecule has 1 heterocycles. The first kappa shape index (κ1) is 11.8. The predicted molar refractivity (Wildman–Crippen MR) is 74.3 cm³/mol. The number of nitrogens with one attached hydrogen (secondary N) is 1. The van der Waals surface area contributed by atoms with Crippen LogP contribution in [0.5, 0.6) is 0 Å². The van der Waals surface area contributed by atoms with Crippen molar-refractivity contribution >= 4 is 0 Å². The normalized spacial score (nSPS) is 40.3. The van der Waals surface area contributed by atoms with Crippen molar-refractivity contribution in [3.63, 3.8) is 0 Å². The Labute approximate surface area is 115 Å². The summed E-state index contributed by atoms with van der Waals surface area (Å²) in [5, 5.41) is 3.76. The van der Waals surface area contributed by atoms with Crippen molar-refractivity contribution in [2.75, 3.05) is 0 Å². The van der Waals surface area contributed by atoms with E-state index in [1.54, 1.807) is 12.4 Å². The Balaban J connectivity index is 1.39. The highest BCUT2D eigenvalue weighted by molar-refractivity contribution is 5.05. The summed E-state index contributed by atoms with van der Waals surface area (Å²) in [5.74, 6) is 4.09. The van der Waals surface area contributed by atoms with Crippen LogP contribution >= 0.6 is 0 Å². The molecule has 19 heavy (non-hydrogen) atoms. The minimum Gasteiger partial charge on any atom is -0.308 e. The molecule has 0 aromatic carbocycles. The van der Waals surface area contributed by atoms with Gasteiger partial charge < -0.3 is 5.32 Å². The third-order valence-corrected chi connectivity index (χ3v) is 5.84. The molecule has 3 saturated carbocycles. The van der Waals surface area contributed by atoms with Gasteiger partial charge in [-0.1, -0.05) is 12.8 Å². The van der Waals surface area contributed by atoms with Gasteiger partial charge in [0.25, 0.3) is 0 Å². The lowest BCUT2D eigenvalue weighted by Crippen LogP contribution is -2.41. The van der Waals surface area contributed by atoms with E-state index in [0.717, 1.165) is 42.0 Å². The average molecular weight is 257 g/mol. The van der Waals surface area contributed by atoms with Gasteiger partial charge in [0.2, 0.25) is 0 Å². The first-order valence-electron chi connectivity index (χ1n) is 7.90. The van der Waals surface area contributed by atoms with E-state index in [1.165, 1.54) is 38.5 Å². The quantitative estimate of drug-likeness (QED) is 0.905. The van der Waals surface area contributed by atoms with Crippen LogP contribution in [0.25, 0.3) is 0 Å². The molecule has 3 fully saturated rings. The average Bonchev–Trinajstić information content (AvgIpc) is 3.05. The molecule has 4 rings (SSSR count). The van der Waals surface area contributed by atoms with Crippen LogP contribution in [0, 0.1) is 23.7 Å². The number of hydrogen-bond donors (Lipinski definition) is 1. The molecular weight excluding hydrogens is 234 g/mol. The molecule has 5 unspecified atom stereocenters. The van der Waals surface area contributed by atoms with E-state index in [2.05, 4.69) is 15.3 Å². The van der Waals surface area contributed by atoms with Crippen LogP contribution in [0.2, 0.25) is 0 Å². The smallest absolute Gasteiger partial charge is 0.0724 e. The third kappa shape index (κ3) is 2.08. The summed E-state index contributed by atoms with van der Waals surface area (Å²) in [4.78, 5) is 8.50. The Bertz CT molecular complexity index is 433. The Morgan fingerprint density at radius 3 is 2.79 bits per heavy atom. The number of rotatable bonds is 3. The highest BCUT2D eigenvalue weighted by Gasteiger charge is 2.52. The SMILES string of the molecule is c1cnc(CNC2CC3CC2C2CCCCC32)cn1. The van der Waals surface area contributed by atoms with Gasteiger partial charge in [-0.05, 0) is 49.4 Å². The van der Waals surface area contributed by atoms with Gasteiger partial charge in [0.05, 0.1) is 5.69 Å². The lowest BCUT2D eigenvalue weighted by molar-refractivity contribution is 0.129. The minimum atomic E-state index is 0.742. The lowest BCUT2D eigenvalue weighted by atomic mass is 9.69. The number of aromatic nitrogens is 2. The molecule has 3 nitrogen and oxygen atoms in total. The van der Waals surface area contributed by atoms with Gasteiger partial charge in [-0.3, -0.25) is 9.97 Å². The highest BCUT2D eigenvalue weighted by atomic mass is 15.0. The molecule has 3 heteroatoms. The van der Waals surface area contributed by atoms with Crippen molar-refractivity contribution in [3.05, 3.63) is 24.3 Å². The van der Waals surface area contributed by atoms with E-state index in [-0.39, 0.29) is 0 Å². The maximum Gasteiger partial charge on any atom is 0.0724 e. The number of hydrogen-bond acceptors (Lipinski definition) is 3. The number of nitrogens with zero attached hydrogens (tertiary/aromatic N) is 2. The Kier molecular flexibility index (Phi) is 3.03. The fourth-order valence-electron chi connectivity index (χ4n) is 5.13. The fourth-order valence-corrected chi connectivity index (χ4v) is 5.13. The monoisotopic (exact) mass is 257 g/mol. The van der Waals surface area contributed by atoms with Crippen LogP contribution in [0.4, 0.5) is 0 Å². The zero-order valence-corrected chi connectivity index (χ0v) is 11.5. The van der Waals surface area contributed by atoms with Crippen molar-refractivity contribution in [3.8, 4) is 0 Å². The second-order valence-corrected chi connectivity index (χ2v) is 6.69. The maximum absolute atomic E-state index is 4.36. The van der Waals surface area contributed by atoms with Gasteiger partial charge in [0, 0.05) is 31.2 Å². The van der Waals surface area contributed by atoms with Crippen LogP contribution in [0.15, 0.2) is 18.6 Å². The first-order chi connectivity index (χ1) is 9.42. The summed E-state index contributed by atoms with van der Waals surface area (Å²) in [6, 6.07) is 0.742. The molecule has 3 aliphatic rings. The summed E-state index contributed by atoms with van der Waals surface area (Å²) in [7, 11) is 0. The molecule has 102 valence electrons. The molecule has 0 aliphatic heterocycles. The van der Waals surface area contributed by atoms with E-state index in [9.17, 15) is 0 Å². The Morgan fingerprint density at radius 2 is 1.95 bits per heavy atom. The van der Waals surface area contributed by atoms with Crippen LogP contribution in [-0.2, 0) is 6.54 Å². The molecule has 3 aliphatic carbocycles. The van der Waals surface area contributed by atoms with E-state index in [0.29, 0.717) is 0 Å². The molecule has 0 saturated heterocycles. The zero-order chi connectivity index (χ0) is 12.7. The molecule has 1 N–H and O–H groups in total. The summed E-state index contributed by atoms with van der Waals surface area (Å²) >= 11 is 0. The minimum absolute atomic E-state index is 0.742. The van der Waals surface area contributed by atoms with Gasteiger partial charge in [0.1, 0.15) is 0 Å². The molecule has 0 amide bonds. The van der Waals surface area contributed by atoms with Crippen LogP contribution in [0.3, 0.4) is 0 Å². The van der Waals surface area contributed by atoms with E-state index in [1.807, 2.05) is 6.20 Å². The van der Waals surface area contributed by atoms with E-state index in [4.69, 9.17) is 0 Å². The van der Waals surface area contributed by atoms with Gasteiger partial charge in [-0.2, -0.15) is 0 Å². The molecule has 1 aromatic heterocycles. The highest BCUT2D eigenvalue weighted by Crippen LogP contribution is 2.57. The van der Waals surface area contributed by atoms with Gasteiger partial charge in [-0.15, -0.1) is 0 Å². The molecular formula is C16H23N3. The fraction of sp³-hybridized carbons (Fsp3) is 0.750. The van der Waals surface area contributed by atoms with Gasteiger partial charge in [-0.25, -0.2) is 0 Å². The van der Waals surface area contributed by atoms with Crippen molar-refractivity contribution in [1.82, 2.24) is 15.3 Å². The summed E-state index contributed by atoms with van der Waals surface area (Å²) in [6.45, 7) is 0.888. The molecule has 2 bridgehead atoms. The second kappa shape index (κ2) is 4.86. The lowest BCUT2D eigenvalue weighted by Gasteiger charge is -2.39. The van der Waals surface area contributed by atoms with Gasteiger partial charge in [0.15, 0.2) is 0 Å².